The second-order valence-electron chi connectivity index (χ2n) is 6.84. The Morgan fingerprint density at radius 2 is 1.56 bits per heavy atom. The third-order valence-electron chi connectivity index (χ3n) is 4.09. The molecule has 2 rings (SSSR count). The molecule has 0 aromatic heterocycles. The van der Waals surface area contributed by atoms with Crippen LogP contribution < -0.4 is 10.6 Å². The van der Waals surface area contributed by atoms with Crippen LogP contribution in [0.5, 0.6) is 0 Å². The highest BCUT2D eigenvalue weighted by atomic mass is 16.2. The highest BCUT2D eigenvalue weighted by Crippen LogP contribution is 2.13. The van der Waals surface area contributed by atoms with E-state index in [2.05, 4.69) is 27.5 Å². The zero-order valence-electron chi connectivity index (χ0n) is 15.4. The van der Waals surface area contributed by atoms with Crippen molar-refractivity contribution in [1.82, 2.24) is 14.7 Å². The summed E-state index contributed by atoms with van der Waals surface area (Å²) >= 11 is 0. The lowest BCUT2D eigenvalue weighted by Crippen LogP contribution is -2.35. The van der Waals surface area contributed by atoms with Gasteiger partial charge in [0.05, 0.1) is 13.1 Å². The van der Waals surface area contributed by atoms with Crippen LogP contribution in [-0.2, 0) is 9.59 Å². The summed E-state index contributed by atoms with van der Waals surface area (Å²) < 4.78 is 0. The summed E-state index contributed by atoms with van der Waals surface area (Å²) in [5, 5.41) is 5.74. The normalized spacial score (nSPS) is 16.5. The first-order valence-corrected chi connectivity index (χ1v) is 8.68. The minimum absolute atomic E-state index is 0.00561. The van der Waals surface area contributed by atoms with Gasteiger partial charge < -0.3 is 20.4 Å². The maximum atomic E-state index is 12.2. The van der Waals surface area contributed by atoms with E-state index in [0.717, 1.165) is 44.0 Å². The molecule has 0 atom stereocenters. The molecule has 0 bridgehead atoms. The fourth-order valence-electron chi connectivity index (χ4n) is 2.79. The molecule has 1 fully saturated rings. The van der Waals surface area contributed by atoms with E-state index in [1.165, 1.54) is 0 Å². The van der Waals surface area contributed by atoms with E-state index in [9.17, 15) is 9.59 Å². The number of benzene rings is 1. The molecule has 1 saturated heterocycles. The molecule has 1 heterocycles. The second-order valence-corrected chi connectivity index (χ2v) is 6.84. The smallest absolute Gasteiger partial charge is 0.238 e. The van der Waals surface area contributed by atoms with Gasteiger partial charge in [-0.3, -0.25) is 14.5 Å². The van der Waals surface area contributed by atoms with Gasteiger partial charge in [-0.1, -0.05) is 0 Å². The van der Waals surface area contributed by atoms with Crippen LogP contribution in [0.25, 0.3) is 0 Å². The monoisotopic (exact) mass is 347 g/mol. The number of amides is 2. The van der Waals surface area contributed by atoms with Crippen molar-refractivity contribution in [1.29, 1.82) is 0 Å². The molecule has 7 nitrogen and oxygen atoms in total. The third-order valence-corrected chi connectivity index (χ3v) is 4.09. The maximum Gasteiger partial charge on any atom is 0.238 e. The van der Waals surface area contributed by atoms with Crippen molar-refractivity contribution >= 4 is 23.2 Å². The number of likely N-dealkylation sites (N-methyl/N-ethyl adjacent to an activating group) is 2. The Morgan fingerprint density at radius 1 is 0.960 bits per heavy atom. The van der Waals surface area contributed by atoms with E-state index in [-0.39, 0.29) is 11.8 Å². The molecule has 138 valence electrons. The third kappa shape index (κ3) is 7.21. The Bertz CT molecular complexity index is 573. The van der Waals surface area contributed by atoms with Crippen molar-refractivity contribution in [2.45, 2.75) is 6.42 Å². The standard InChI is InChI=1S/C18H29N5O2/c1-21(2)13-17(24)19-15-5-7-16(8-6-15)20-18(25)14-23-10-4-9-22(3)11-12-23/h5-8H,4,9-14H2,1-3H3,(H,19,24)(H,20,25). The molecule has 1 aliphatic heterocycles. The van der Waals surface area contributed by atoms with Gasteiger partial charge in [0.1, 0.15) is 0 Å². The lowest BCUT2D eigenvalue weighted by Gasteiger charge is -2.19. The van der Waals surface area contributed by atoms with Gasteiger partial charge in [0.2, 0.25) is 11.8 Å². The molecule has 1 aromatic rings. The van der Waals surface area contributed by atoms with Gasteiger partial charge in [0, 0.05) is 24.5 Å². The van der Waals surface area contributed by atoms with Crippen LogP contribution >= 0.6 is 0 Å². The zero-order chi connectivity index (χ0) is 18.2. The number of carbonyl (C=O) groups is 2. The minimum Gasteiger partial charge on any atom is -0.325 e. The van der Waals surface area contributed by atoms with E-state index in [1.807, 2.05) is 19.0 Å². The molecular formula is C18H29N5O2. The molecule has 7 heteroatoms. The second kappa shape index (κ2) is 9.50. The number of hydrogen-bond acceptors (Lipinski definition) is 5. The first kappa shape index (κ1) is 19.4. The summed E-state index contributed by atoms with van der Waals surface area (Å²) in [6.07, 6.45) is 1.09. The zero-order valence-corrected chi connectivity index (χ0v) is 15.4. The number of hydrogen-bond donors (Lipinski definition) is 2. The fraction of sp³-hybridized carbons (Fsp3) is 0.556. The number of carbonyl (C=O) groups excluding carboxylic acids is 2. The molecule has 0 unspecified atom stereocenters. The number of nitrogens with one attached hydrogen (secondary N) is 2. The van der Waals surface area contributed by atoms with Crippen molar-refractivity contribution in [2.24, 2.45) is 0 Å². The Hall–Kier alpha value is -1.96. The SMILES string of the molecule is CN(C)CC(=O)Nc1ccc(NC(=O)CN2CCCN(C)CC2)cc1. The average molecular weight is 347 g/mol. The Labute approximate surface area is 150 Å². The van der Waals surface area contributed by atoms with Crippen LogP contribution in [0, 0.1) is 0 Å². The van der Waals surface area contributed by atoms with Crippen LogP contribution in [-0.4, -0.2) is 86.9 Å². The number of nitrogens with zero attached hydrogens (tertiary/aromatic N) is 3. The summed E-state index contributed by atoms with van der Waals surface area (Å²) in [7, 11) is 5.81. The van der Waals surface area contributed by atoms with Gasteiger partial charge in [0.25, 0.3) is 0 Å². The Balaban J connectivity index is 1.80. The Morgan fingerprint density at radius 3 is 2.16 bits per heavy atom. The molecule has 25 heavy (non-hydrogen) atoms. The van der Waals surface area contributed by atoms with Crippen LogP contribution in [0.2, 0.25) is 0 Å². The first-order valence-electron chi connectivity index (χ1n) is 8.68. The summed E-state index contributed by atoms with van der Waals surface area (Å²) in [5.41, 5.74) is 1.46. The van der Waals surface area contributed by atoms with E-state index in [1.54, 1.807) is 24.3 Å². The van der Waals surface area contributed by atoms with Crippen molar-refractivity contribution in [3.63, 3.8) is 0 Å². The van der Waals surface area contributed by atoms with Gasteiger partial charge in [-0.25, -0.2) is 0 Å². The van der Waals surface area contributed by atoms with E-state index >= 15 is 0 Å². The topological polar surface area (TPSA) is 67.9 Å². The number of rotatable bonds is 6. The summed E-state index contributed by atoms with van der Waals surface area (Å²) in [6.45, 7) is 4.70. The highest BCUT2D eigenvalue weighted by molar-refractivity contribution is 5.94. The first-order chi connectivity index (χ1) is 11.9. The van der Waals surface area contributed by atoms with Crippen LogP contribution in [0.15, 0.2) is 24.3 Å². The van der Waals surface area contributed by atoms with Crippen LogP contribution in [0.4, 0.5) is 11.4 Å². The molecule has 0 saturated carbocycles. The van der Waals surface area contributed by atoms with Crippen molar-refractivity contribution in [3.8, 4) is 0 Å². The average Bonchev–Trinajstić information content (AvgIpc) is 2.73. The van der Waals surface area contributed by atoms with Crippen LogP contribution in [0.1, 0.15) is 6.42 Å². The quantitative estimate of drug-likeness (QED) is 0.795. The van der Waals surface area contributed by atoms with Gasteiger partial charge in [-0.2, -0.15) is 0 Å². The predicted octanol–water partition coefficient (Wildman–Crippen LogP) is 0.763. The molecule has 0 radical (unpaired) electrons. The molecule has 0 aliphatic carbocycles. The van der Waals surface area contributed by atoms with Crippen LogP contribution in [0.3, 0.4) is 0 Å². The fourth-order valence-corrected chi connectivity index (χ4v) is 2.79. The molecule has 1 aromatic carbocycles. The lowest BCUT2D eigenvalue weighted by molar-refractivity contribution is -0.117. The molecule has 1 aliphatic rings. The minimum atomic E-state index is -0.0621. The molecule has 2 amide bonds. The molecule has 0 spiro atoms. The maximum absolute atomic E-state index is 12.2. The Kier molecular flexibility index (Phi) is 7.36. The number of anilines is 2. The molecular weight excluding hydrogens is 318 g/mol. The van der Waals surface area contributed by atoms with E-state index in [0.29, 0.717) is 13.1 Å². The summed E-state index contributed by atoms with van der Waals surface area (Å²) in [6, 6.07) is 7.20. The van der Waals surface area contributed by atoms with Gasteiger partial charge in [0.15, 0.2) is 0 Å². The van der Waals surface area contributed by atoms with E-state index in [4.69, 9.17) is 0 Å². The van der Waals surface area contributed by atoms with E-state index < -0.39 is 0 Å². The summed E-state index contributed by atoms with van der Waals surface area (Å²) in [4.78, 5) is 30.2. The van der Waals surface area contributed by atoms with Gasteiger partial charge in [-0.05, 0) is 64.9 Å². The highest BCUT2D eigenvalue weighted by Gasteiger charge is 2.15. The van der Waals surface area contributed by atoms with Crippen molar-refractivity contribution in [3.05, 3.63) is 24.3 Å². The summed E-state index contributed by atoms with van der Waals surface area (Å²) in [5.74, 6) is -0.0677. The molecule has 2 N–H and O–H groups in total. The van der Waals surface area contributed by atoms with Crippen molar-refractivity contribution < 1.29 is 9.59 Å². The predicted molar refractivity (Wildman–Crippen MR) is 101 cm³/mol. The van der Waals surface area contributed by atoms with Crippen molar-refractivity contribution in [2.75, 3.05) is 71.0 Å². The lowest BCUT2D eigenvalue weighted by atomic mass is 10.2. The van der Waals surface area contributed by atoms with Gasteiger partial charge >= 0.3 is 0 Å². The largest absolute Gasteiger partial charge is 0.325 e. The van der Waals surface area contributed by atoms with Gasteiger partial charge in [-0.15, -0.1) is 0 Å².